The highest BCUT2D eigenvalue weighted by atomic mass is 32.2. The molecule has 5 heteroatoms. The van der Waals surface area contributed by atoms with E-state index in [-0.39, 0.29) is 0 Å². The largest absolute Gasteiger partial charge is 0.271 e. The van der Waals surface area contributed by atoms with E-state index in [4.69, 9.17) is 0 Å². The zero-order valence-electron chi connectivity index (χ0n) is 9.83. The first-order valence-corrected chi connectivity index (χ1v) is 7.58. The Labute approximate surface area is 114 Å². The Balaban J connectivity index is 1.93. The third-order valence-corrected chi connectivity index (χ3v) is 4.32. The van der Waals surface area contributed by atoms with E-state index in [2.05, 4.69) is 39.2 Å². The zero-order valence-corrected chi connectivity index (χ0v) is 11.5. The summed E-state index contributed by atoms with van der Waals surface area (Å²) in [6.45, 7) is 0.733. The van der Waals surface area contributed by atoms with Crippen LogP contribution in [0.4, 0.5) is 0 Å². The van der Waals surface area contributed by atoms with Crippen molar-refractivity contribution in [2.75, 3.05) is 6.26 Å². The Hall–Kier alpha value is -1.33. The predicted octanol–water partition coefficient (Wildman–Crippen LogP) is 3.25. The summed E-state index contributed by atoms with van der Waals surface area (Å²) in [7, 11) is 0. The third-order valence-electron chi connectivity index (χ3n) is 2.61. The SMILES string of the molecule is CSc1nccc(C2=NCc3ccccc3S2)n1. The van der Waals surface area contributed by atoms with Crippen LogP contribution in [0.3, 0.4) is 0 Å². The Morgan fingerprint density at radius 3 is 3.00 bits per heavy atom. The van der Waals surface area contributed by atoms with Crippen LogP contribution in [0.1, 0.15) is 11.3 Å². The summed E-state index contributed by atoms with van der Waals surface area (Å²) in [4.78, 5) is 14.5. The molecule has 0 aliphatic carbocycles. The Morgan fingerprint density at radius 1 is 1.22 bits per heavy atom. The lowest BCUT2D eigenvalue weighted by Crippen LogP contribution is -2.06. The normalized spacial score (nSPS) is 13.9. The molecule has 3 nitrogen and oxygen atoms in total. The van der Waals surface area contributed by atoms with Crippen LogP contribution in [0.15, 0.2) is 51.6 Å². The van der Waals surface area contributed by atoms with Gasteiger partial charge in [-0.3, -0.25) is 4.99 Å². The Morgan fingerprint density at radius 2 is 2.11 bits per heavy atom. The minimum atomic E-state index is 0.733. The molecule has 0 amide bonds. The molecule has 3 rings (SSSR count). The molecule has 0 bridgehead atoms. The number of aliphatic imine (C=N–C) groups is 1. The van der Waals surface area contributed by atoms with Gasteiger partial charge in [-0.15, -0.1) is 0 Å². The van der Waals surface area contributed by atoms with E-state index in [1.807, 2.05) is 12.3 Å². The maximum atomic E-state index is 4.60. The van der Waals surface area contributed by atoms with Gasteiger partial charge >= 0.3 is 0 Å². The molecule has 1 aromatic heterocycles. The summed E-state index contributed by atoms with van der Waals surface area (Å²) in [5.41, 5.74) is 2.19. The third kappa shape index (κ3) is 2.28. The fourth-order valence-corrected chi connectivity index (χ4v) is 3.04. The van der Waals surface area contributed by atoms with Crippen LogP contribution in [0.2, 0.25) is 0 Å². The highest BCUT2D eigenvalue weighted by Crippen LogP contribution is 2.31. The van der Waals surface area contributed by atoms with Crippen LogP contribution in [0.25, 0.3) is 0 Å². The minimum absolute atomic E-state index is 0.733. The van der Waals surface area contributed by atoms with Gasteiger partial charge in [-0.2, -0.15) is 0 Å². The molecule has 0 atom stereocenters. The molecular weight excluding hydrogens is 262 g/mol. The molecule has 18 heavy (non-hydrogen) atoms. The van der Waals surface area contributed by atoms with Gasteiger partial charge in [-0.05, 0) is 24.0 Å². The van der Waals surface area contributed by atoms with Gasteiger partial charge in [-0.1, -0.05) is 41.7 Å². The van der Waals surface area contributed by atoms with Gasteiger partial charge in [0.25, 0.3) is 0 Å². The lowest BCUT2D eigenvalue weighted by atomic mass is 10.2. The predicted molar refractivity (Wildman–Crippen MR) is 76.4 cm³/mol. The number of rotatable bonds is 2. The molecule has 1 aromatic carbocycles. The zero-order chi connectivity index (χ0) is 12.4. The second-order valence-electron chi connectivity index (χ2n) is 3.76. The monoisotopic (exact) mass is 273 g/mol. The van der Waals surface area contributed by atoms with Gasteiger partial charge in [0.05, 0.1) is 12.2 Å². The molecule has 0 radical (unpaired) electrons. The molecule has 0 unspecified atom stereocenters. The van der Waals surface area contributed by atoms with Gasteiger partial charge in [0, 0.05) is 11.1 Å². The van der Waals surface area contributed by atoms with Crippen LogP contribution in [-0.2, 0) is 6.54 Å². The molecule has 0 spiro atoms. The number of thioether (sulfide) groups is 2. The highest BCUT2D eigenvalue weighted by Gasteiger charge is 2.15. The Kier molecular flexibility index (Phi) is 3.34. The average Bonchev–Trinajstić information content (AvgIpc) is 2.47. The molecule has 2 aromatic rings. The summed E-state index contributed by atoms with van der Waals surface area (Å²) in [5, 5.41) is 1.76. The second-order valence-corrected chi connectivity index (χ2v) is 5.56. The summed E-state index contributed by atoms with van der Waals surface area (Å²) < 4.78 is 0. The van der Waals surface area contributed by atoms with Crippen LogP contribution < -0.4 is 0 Å². The number of hydrogen-bond acceptors (Lipinski definition) is 5. The van der Waals surface area contributed by atoms with Gasteiger partial charge in [0.15, 0.2) is 5.16 Å². The number of benzene rings is 1. The van der Waals surface area contributed by atoms with Crippen LogP contribution in [0.5, 0.6) is 0 Å². The maximum absolute atomic E-state index is 4.60. The summed E-state index contributed by atoms with van der Waals surface area (Å²) in [5.74, 6) is 0. The molecule has 0 saturated heterocycles. The second kappa shape index (κ2) is 5.12. The molecule has 0 saturated carbocycles. The number of nitrogens with zero attached hydrogens (tertiary/aromatic N) is 3. The van der Waals surface area contributed by atoms with E-state index < -0.39 is 0 Å². The fourth-order valence-electron chi connectivity index (χ4n) is 1.72. The van der Waals surface area contributed by atoms with Crippen molar-refractivity contribution in [3.05, 3.63) is 47.8 Å². The smallest absolute Gasteiger partial charge is 0.187 e. The number of fused-ring (bicyclic) bond motifs is 1. The van der Waals surface area contributed by atoms with Crippen molar-refractivity contribution in [2.45, 2.75) is 16.6 Å². The van der Waals surface area contributed by atoms with Crippen molar-refractivity contribution in [3.8, 4) is 0 Å². The summed E-state index contributed by atoms with van der Waals surface area (Å²) in [6, 6.07) is 10.3. The van der Waals surface area contributed by atoms with Crippen LogP contribution in [0, 0.1) is 0 Å². The molecule has 90 valence electrons. The van der Waals surface area contributed by atoms with E-state index in [1.165, 1.54) is 10.5 Å². The Bertz CT molecular complexity index is 611. The topological polar surface area (TPSA) is 38.1 Å². The number of hydrogen-bond donors (Lipinski definition) is 0. The van der Waals surface area contributed by atoms with Gasteiger partial charge in [0.2, 0.25) is 0 Å². The highest BCUT2D eigenvalue weighted by molar-refractivity contribution is 8.14. The van der Waals surface area contributed by atoms with E-state index in [0.717, 1.165) is 22.4 Å². The van der Waals surface area contributed by atoms with Gasteiger partial charge < -0.3 is 0 Å². The standard InChI is InChI=1S/C13H11N3S2/c1-17-13-14-7-6-10(16-13)12-15-8-9-4-2-3-5-11(9)18-12/h2-7H,8H2,1H3. The molecule has 0 fully saturated rings. The summed E-state index contributed by atoms with van der Waals surface area (Å²) >= 11 is 3.23. The first-order chi connectivity index (χ1) is 8.86. The van der Waals surface area contributed by atoms with E-state index in [1.54, 1.807) is 29.7 Å². The first-order valence-electron chi connectivity index (χ1n) is 5.54. The van der Waals surface area contributed by atoms with Gasteiger partial charge in [0.1, 0.15) is 5.04 Å². The van der Waals surface area contributed by atoms with Crippen LogP contribution in [-0.4, -0.2) is 21.3 Å². The van der Waals surface area contributed by atoms with E-state index in [0.29, 0.717) is 0 Å². The lowest BCUT2D eigenvalue weighted by Gasteiger charge is -2.14. The summed E-state index contributed by atoms with van der Waals surface area (Å²) in [6.07, 6.45) is 3.77. The van der Waals surface area contributed by atoms with Gasteiger partial charge in [-0.25, -0.2) is 9.97 Å². The minimum Gasteiger partial charge on any atom is -0.271 e. The van der Waals surface area contributed by atoms with E-state index in [9.17, 15) is 0 Å². The van der Waals surface area contributed by atoms with Crippen molar-refractivity contribution in [1.29, 1.82) is 0 Å². The molecule has 0 N–H and O–H groups in total. The van der Waals surface area contributed by atoms with E-state index >= 15 is 0 Å². The van der Waals surface area contributed by atoms with Crippen molar-refractivity contribution >= 4 is 28.6 Å². The van der Waals surface area contributed by atoms with Crippen molar-refractivity contribution in [2.24, 2.45) is 4.99 Å². The average molecular weight is 273 g/mol. The van der Waals surface area contributed by atoms with Crippen LogP contribution >= 0.6 is 23.5 Å². The number of aromatic nitrogens is 2. The molecule has 1 aliphatic heterocycles. The fraction of sp³-hybridized carbons (Fsp3) is 0.154. The molecular formula is C13H11N3S2. The maximum Gasteiger partial charge on any atom is 0.187 e. The van der Waals surface area contributed by atoms with Crippen molar-refractivity contribution < 1.29 is 0 Å². The molecule has 2 heterocycles. The lowest BCUT2D eigenvalue weighted by molar-refractivity contribution is 0.954. The molecule has 1 aliphatic rings. The quantitative estimate of drug-likeness (QED) is 0.622. The van der Waals surface area contributed by atoms with Crippen molar-refractivity contribution in [3.63, 3.8) is 0 Å². The first kappa shape index (κ1) is 11.7. The van der Waals surface area contributed by atoms with Crippen molar-refractivity contribution in [1.82, 2.24) is 9.97 Å².